The SMILES string of the molecule is Cc1nc(SCCCn2c(=O)c3c(ncn3C)n(C)c2=O)n(CC(C)C)c1C. The van der Waals surface area contributed by atoms with Crippen molar-refractivity contribution in [2.75, 3.05) is 5.75 Å². The number of hydrogen-bond donors (Lipinski definition) is 0. The quantitative estimate of drug-likeness (QED) is 0.445. The fourth-order valence-electron chi connectivity index (χ4n) is 3.29. The first-order valence-electron chi connectivity index (χ1n) is 9.49. The Hall–Kier alpha value is -2.29. The summed E-state index contributed by atoms with van der Waals surface area (Å²) in [6.45, 7) is 9.83. The van der Waals surface area contributed by atoms with Crippen molar-refractivity contribution in [1.29, 1.82) is 0 Å². The molecule has 0 amide bonds. The van der Waals surface area contributed by atoms with Crippen LogP contribution in [0.5, 0.6) is 0 Å². The normalized spacial score (nSPS) is 11.8. The molecular weight excluding hydrogens is 376 g/mol. The van der Waals surface area contributed by atoms with Crippen LogP contribution in [0.2, 0.25) is 0 Å². The Kier molecular flexibility index (Phi) is 5.83. The van der Waals surface area contributed by atoms with Gasteiger partial charge in [-0.2, -0.15) is 0 Å². The third-order valence-corrected chi connectivity index (χ3v) is 5.99. The lowest BCUT2D eigenvalue weighted by Gasteiger charge is -2.12. The van der Waals surface area contributed by atoms with Crippen molar-refractivity contribution in [3.63, 3.8) is 0 Å². The summed E-state index contributed by atoms with van der Waals surface area (Å²) in [7, 11) is 3.41. The molecule has 0 N–H and O–H groups in total. The zero-order chi connectivity index (χ0) is 20.6. The molecule has 0 saturated heterocycles. The summed E-state index contributed by atoms with van der Waals surface area (Å²) in [6, 6.07) is 0. The lowest BCUT2D eigenvalue weighted by Crippen LogP contribution is -2.39. The molecule has 3 rings (SSSR count). The number of aromatic nitrogens is 6. The molecule has 8 nitrogen and oxygen atoms in total. The van der Waals surface area contributed by atoms with Gasteiger partial charge in [-0.3, -0.25) is 13.9 Å². The van der Waals surface area contributed by atoms with Crippen molar-refractivity contribution < 1.29 is 0 Å². The molecule has 0 spiro atoms. The maximum atomic E-state index is 12.7. The van der Waals surface area contributed by atoms with Crippen LogP contribution in [-0.4, -0.2) is 34.0 Å². The zero-order valence-corrected chi connectivity index (χ0v) is 18.2. The van der Waals surface area contributed by atoms with Crippen molar-refractivity contribution in [2.45, 2.75) is 52.4 Å². The monoisotopic (exact) mass is 404 g/mol. The number of hydrogen-bond acceptors (Lipinski definition) is 5. The first-order valence-corrected chi connectivity index (χ1v) is 10.5. The average molecular weight is 405 g/mol. The molecule has 0 aromatic carbocycles. The Balaban J connectivity index is 1.75. The van der Waals surface area contributed by atoms with E-state index in [1.807, 2.05) is 6.92 Å². The molecule has 3 heterocycles. The first kappa shape index (κ1) is 20.4. The summed E-state index contributed by atoms with van der Waals surface area (Å²) in [4.78, 5) is 34.1. The highest BCUT2D eigenvalue weighted by molar-refractivity contribution is 7.99. The van der Waals surface area contributed by atoms with Crippen LogP contribution in [0.15, 0.2) is 21.1 Å². The Morgan fingerprint density at radius 3 is 2.54 bits per heavy atom. The minimum Gasteiger partial charge on any atom is -0.328 e. The molecule has 0 radical (unpaired) electrons. The van der Waals surface area contributed by atoms with Crippen LogP contribution in [-0.2, 0) is 27.2 Å². The summed E-state index contributed by atoms with van der Waals surface area (Å²) in [6.07, 6.45) is 2.26. The molecule has 3 aromatic rings. The summed E-state index contributed by atoms with van der Waals surface area (Å²) in [5.74, 6) is 1.33. The molecular formula is C19H28N6O2S. The van der Waals surface area contributed by atoms with E-state index in [0.29, 0.717) is 30.0 Å². The van der Waals surface area contributed by atoms with Crippen molar-refractivity contribution in [1.82, 2.24) is 28.2 Å². The molecule has 0 fully saturated rings. The second kappa shape index (κ2) is 7.98. The maximum Gasteiger partial charge on any atom is 0.332 e. The van der Waals surface area contributed by atoms with E-state index >= 15 is 0 Å². The van der Waals surface area contributed by atoms with E-state index in [4.69, 9.17) is 0 Å². The predicted molar refractivity (Wildman–Crippen MR) is 112 cm³/mol. The topological polar surface area (TPSA) is 79.6 Å². The van der Waals surface area contributed by atoms with Crippen LogP contribution >= 0.6 is 11.8 Å². The van der Waals surface area contributed by atoms with Gasteiger partial charge in [0.15, 0.2) is 16.3 Å². The van der Waals surface area contributed by atoms with Crippen molar-refractivity contribution in [3.8, 4) is 0 Å². The van der Waals surface area contributed by atoms with Crippen LogP contribution in [0.3, 0.4) is 0 Å². The molecule has 152 valence electrons. The van der Waals surface area contributed by atoms with E-state index in [2.05, 4.69) is 35.3 Å². The van der Waals surface area contributed by atoms with E-state index in [9.17, 15) is 9.59 Å². The van der Waals surface area contributed by atoms with Gasteiger partial charge in [0.25, 0.3) is 5.56 Å². The van der Waals surface area contributed by atoms with E-state index in [1.165, 1.54) is 14.8 Å². The van der Waals surface area contributed by atoms with Crippen LogP contribution in [0, 0.1) is 19.8 Å². The van der Waals surface area contributed by atoms with E-state index < -0.39 is 0 Å². The zero-order valence-electron chi connectivity index (χ0n) is 17.4. The molecule has 0 bridgehead atoms. The number of rotatable bonds is 7. The highest BCUT2D eigenvalue weighted by Crippen LogP contribution is 2.23. The van der Waals surface area contributed by atoms with Gasteiger partial charge in [0.2, 0.25) is 0 Å². The standard InChI is InChI=1S/C19H28N6O2S/c1-12(2)10-25-14(4)13(3)21-18(25)28-9-7-8-24-17(26)15-16(20-11-22(15)5)23(6)19(24)27/h11-12H,7-10H2,1-6H3. The average Bonchev–Trinajstić information content (AvgIpc) is 3.14. The molecule has 0 saturated carbocycles. The first-order chi connectivity index (χ1) is 13.2. The van der Waals surface area contributed by atoms with Crippen LogP contribution in [0.25, 0.3) is 11.2 Å². The van der Waals surface area contributed by atoms with Crippen molar-refractivity contribution in [3.05, 3.63) is 38.6 Å². The fourth-order valence-corrected chi connectivity index (χ4v) is 4.32. The lowest BCUT2D eigenvalue weighted by molar-refractivity contribution is 0.486. The van der Waals surface area contributed by atoms with E-state index in [1.54, 1.807) is 36.8 Å². The highest BCUT2D eigenvalue weighted by atomic mass is 32.2. The van der Waals surface area contributed by atoms with Crippen molar-refractivity contribution in [2.24, 2.45) is 20.0 Å². The lowest BCUT2D eigenvalue weighted by atomic mass is 10.2. The summed E-state index contributed by atoms with van der Waals surface area (Å²) in [5, 5.41) is 1.01. The number of nitrogens with zero attached hydrogens (tertiary/aromatic N) is 6. The molecule has 3 aromatic heterocycles. The molecule has 28 heavy (non-hydrogen) atoms. The van der Waals surface area contributed by atoms with E-state index in [0.717, 1.165) is 23.1 Å². The van der Waals surface area contributed by atoms with Gasteiger partial charge >= 0.3 is 5.69 Å². The third kappa shape index (κ3) is 3.67. The number of thioether (sulfide) groups is 1. The third-order valence-electron chi connectivity index (χ3n) is 4.93. The molecule has 0 atom stereocenters. The molecule has 0 aliphatic heterocycles. The molecule has 9 heteroatoms. The largest absolute Gasteiger partial charge is 0.332 e. The Labute approximate surface area is 168 Å². The van der Waals surface area contributed by atoms with Gasteiger partial charge in [-0.15, -0.1) is 0 Å². The minimum atomic E-state index is -0.325. The van der Waals surface area contributed by atoms with Gasteiger partial charge in [0.05, 0.1) is 12.0 Å². The second-order valence-electron chi connectivity index (χ2n) is 7.60. The second-order valence-corrected chi connectivity index (χ2v) is 8.66. The number of aryl methyl sites for hydroxylation is 3. The van der Waals surface area contributed by atoms with Crippen LogP contribution < -0.4 is 11.2 Å². The van der Waals surface area contributed by atoms with Gasteiger partial charge in [-0.1, -0.05) is 25.6 Å². The number of imidazole rings is 2. The Morgan fingerprint density at radius 1 is 1.14 bits per heavy atom. The number of fused-ring (bicyclic) bond motifs is 1. The summed E-state index contributed by atoms with van der Waals surface area (Å²) >= 11 is 1.68. The Morgan fingerprint density at radius 2 is 1.86 bits per heavy atom. The highest BCUT2D eigenvalue weighted by Gasteiger charge is 2.15. The Bertz CT molecular complexity index is 1120. The van der Waals surface area contributed by atoms with Gasteiger partial charge in [0.1, 0.15) is 0 Å². The fraction of sp³-hybridized carbons (Fsp3) is 0.579. The van der Waals surface area contributed by atoms with Crippen LogP contribution in [0.1, 0.15) is 31.7 Å². The molecule has 0 aliphatic carbocycles. The van der Waals surface area contributed by atoms with E-state index in [-0.39, 0.29) is 11.2 Å². The van der Waals surface area contributed by atoms with Crippen LogP contribution in [0.4, 0.5) is 0 Å². The van der Waals surface area contributed by atoms with Crippen molar-refractivity contribution >= 4 is 22.9 Å². The van der Waals surface area contributed by atoms with Gasteiger partial charge in [-0.05, 0) is 26.2 Å². The summed E-state index contributed by atoms with van der Waals surface area (Å²) in [5.41, 5.74) is 2.52. The predicted octanol–water partition coefficient (Wildman–Crippen LogP) is 2.09. The molecule has 0 aliphatic rings. The van der Waals surface area contributed by atoms with Gasteiger partial charge < -0.3 is 9.13 Å². The summed E-state index contributed by atoms with van der Waals surface area (Å²) < 4.78 is 6.67. The van der Waals surface area contributed by atoms with Gasteiger partial charge in [0, 0.05) is 38.6 Å². The minimum absolute atomic E-state index is 0.281. The smallest absolute Gasteiger partial charge is 0.328 e. The maximum absolute atomic E-state index is 12.7. The van der Waals surface area contributed by atoms with Gasteiger partial charge in [-0.25, -0.2) is 14.8 Å². The molecule has 0 unspecified atom stereocenters.